The van der Waals surface area contributed by atoms with Gasteiger partial charge in [-0.1, -0.05) is 30.2 Å². The molecule has 1 N–H and O–H groups in total. The predicted octanol–water partition coefficient (Wildman–Crippen LogP) is 3.27. The lowest BCUT2D eigenvalue weighted by Crippen LogP contribution is -2.28. The highest BCUT2D eigenvalue weighted by Gasteiger charge is 2.15. The second kappa shape index (κ2) is 5.53. The van der Waals surface area contributed by atoms with Crippen LogP contribution in [0.4, 0.5) is 0 Å². The zero-order valence-corrected chi connectivity index (χ0v) is 9.76. The van der Waals surface area contributed by atoms with E-state index in [1.807, 2.05) is 12.1 Å². The molecule has 15 heavy (non-hydrogen) atoms. The Hall–Kier alpha value is -0.530. The van der Waals surface area contributed by atoms with Crippen LogP contribution < -0.4 is 5.32 Å². The first-order chi connectivity index (χ1) is 7.34. The number of hydrogen-bond acceptors (Lipinski definition) is 1. The third-order valence-corrected chi connectivity index (χ3v) is 3.41. The van der Waals surface area contributed by atoms with Gasteiger partial charge < -0.3 is 5.32 Å². The topological polar surface area (TPSA) is 12.0 Å². The molecule has 1 aromatic carbocycles. The molecule has 1 aliphatic rings. The van der Waals surface area contributed by atoms with E-state index in [-0.39, 0.29) is 0 Å². The molecular formula is C13H18ClN. The lowest BCUT2D eigenvalue weighted by atomic mass is 9.85. The van der Waals surface area contributed by atoms with Crippen LogP contribution in [0.2, 0.25) is 5.02 Å². The van der Waals surface area contributed by atoms with Gasteiger partial charge in [-0.2, -0.15) is 0 Å². The molecule has 0 amide bonds. The molecule has 1 aromatic rings. The Labute approximate surface area is 96.8 Å². The number of rotatable bonds is 5. The van der Waals surface area contributed by atoms with E-state index in [2.05, 4.69) is 17.4 Å². The average molecular weight is 224 g/mol. The van der Waals surface area contributed by atoms with Gasteiger partial charge in [-0.3, -0.25) is 0 Å². The van der Waals surface area contributed by atoms with Crippen molar-refractivity contribution in [3.05, 3.63) is 34.9 Å². The van der Waals surface area contributed by atoms with Crippen LogP contribution in [0.25, 0.3) is 0 Å². The summed E-state index contributed by atoms with van der Waals surface area (Å²) in [6.45, 7) is 2.28. The maximum absolute atomic E-state index is 5.83. The summed E-state index contributed by atoms with van der Waals surface area (Å²) in [7, 11) is 0. The maximum atomic E-state index is 5.83. The number of hydrogen-bond donors (Lipinski definition) is 1. The van der Waals surface area contributed by atoms with Gasteiger partial charge in [0.15, 0.2) is 0 Å². The van der Waals surface area contributed by atoms with Crippen LogP contribution in [0.1, 0.15) is 24.8 Å². The van der Waals surface area contributed by atoms with Gasteiger partial charge in [0.2, 0.25) is 0 Å². The fraction of sp³-hybridized carbons (Fsp3) is 0.538. The molecule has 1 fully saturated rings. The summed E-state index contributed by atoms with van der Waals surface area (Å²) in [4.78, 5) is 0. The summed E-state index contributed by atoms with van der Waals surface area (Å²) in [6, 6.07) is 8.13. The zero-order valence-electron chi connectivity index (χ0n) is 9.01. The minimum Gasteiger partial charge on any atom is -0.316 e. The van der Waals surface area contributed by atoms with Crippen LogP contribution in [-0.4, -0.2) is 13.1 Å². The van der Waals surface area contributed by atoms with Crippen molar-refractivity contribution in [3.63, 3.8) is 0 Å². The van der Waals surface area contributed by atoms with E-state index in [1.165, 1.54) is 31.4 Å². The first-order valence-electron chi connectivity index (χ1n) is 5.80. The van der Waals surface area contributed by atoms with Gasteiger partial charge in [0.25, 0.3) is 0 Å². The van der Waals surface area contributed by atoms with E-state index >= 15 is 0 Å². The van der Waals surface area contributed by atoms with Gasteiger partial charge in [0.1, 0.15) is 0 Å². The minimum absolute atomic E-state index is 0.821. The predicted molar refractivity (Wildman–Crippen MR) is 65.4 cm³/mol. The van der Waals surface area contributed by atoms with E-state index in [1.54, 1.807) is 0 Å². The molecule has 0 heterocycles. The Balaban J connectivity index is 1.62. The summed E-state index contributed by atoms with van der Waals surface area (Å²) in [5.74, 6) is 0.954. The minimum atomic E-state index is 0.821. The SMILES string of the molecule is Clc1ccc(CCNCC2CCC2)cc1. The first-order valence-corrected chi connectivity index (χ1v) is 6.17. The molecule has 1 nitrogen and oxygen atoms in total. The van der Waals surface area contributed by atoms with Gasteiger partial charge in [0.05, 0.1) is 0 Å². The van der Waals surface area contributed by atoms with Gasteiger partial charge in [-0.05, 0) is 56.0 Å². The standard InChI is InChI=1S/C13H18ClN/c14-13-6-4-11(5-7-13)8-9-15-10-12-2-1-3-12/h4-7,12,15H,1-3,8-10H2. The van der Waals surface area contributed by atoms with Crippen molar-refractivity contribution < 1.29 is 0 Å². The molecule has 2 heteroatoms. The summed E-state index contributed by atoms with van der Waals surface area (Å²) < 4.78 is 0. The van der Waals surface area contributed by atoms with Crippen LogP contribution in [-0.2, 0) is 6.42 Å². The molecule has 0 saturated heterocycles. The number of benzene rings is 1. The lowest BCUT2D eigenvalue weighted by Gasteiger charge is -2.25. The number of nitrogens with one attached hydrogen (secondary N) is 1. The zero-order chi connectivity index (χ0) is 10.5. The van der Waals surface area contributed by atoms with Crippen molar-refractivity contribution in [2.24, 2.45) is 5.92 Å². The van der Waals surface area contributed by atoms with Crippen molar-refractivity contribution in [1.82, 2.24) is 5.32 Å². The molecule has 0 aliphatic heterocycles. The highest BCUT2D eigenvalue weighted by molar-refractivity contribution is 6.30. The van der Waals surface area contributed by atoms with E-state index < -0.39 is 0 Å². The van der Waals surface area contributed by atoms with Gasteiger partial charge in [-0.15, -0.1) is 0 Å². The van der Waals surface area contributed by atoms with Gasteiger partial charge in [-0.25, -0.2) is 0 Å². The Morgan fingerprint density at radius 3 is 2.53 bits per heavy atom. The highest BCUT2D eigenvalue weighted by atomic mass is 35.5. The Bertz CT molecular complexity index is 290. The van der Waals surface area contributed by atoms with Crippen molar-refractivity contribution in [3.8, 4) is 0 Å². The van der Waals surface area contributed by atoms with Crippen LogP contribution in [0.3, 0.4) is 0 Å². The summed E-state index contributed by atoms with van der Waals surface area (Å²) >= 11 is 5.83. The molecule has 82 valence electrons. The molecule has 0 unspecified atom stereocenters. The molecule has 2 rings (SSSR count). The lowest BCUT2D eigenvalue weighted by molar-refractivity contribution is 0.303. The molecule has 0 radical (unpaired) electrons. The molecule has 1 aliphatic carbocycles. The Morgan fingerprint density at radius 2 is 1.93 bits per heavy atom. The Kier molecular flexibility index (Phi) is 4.04. The monoisotopic (exact) mass is 223 g/mol. The molecule has 0 aromatic heterocycles. The maximum Gasteiger partial charge on any atom is 0.0406 e. The molecule has 0 bridgehead atoms. The average Bonchev–Trinajstić information content (AvgIpc) is 2.18. The second-order valence-corrected chi connectivity index (χ2v) is 4.81. The smallest absolute Gasteiger partial charge is 0.0406 e. The second-order valence-electron chi connectivity index (χ2n) is 4.38. The third-order valence-electron chi connectivity index (χ3n) is 3.16. The quantitative estimate of drug-likeness (QED) is 0.756. The van der Waals surface area contributed by atoms with Crippen LogP contribution >= 0.6 is 11.6 Å². The molecule has 0 spiro atoms. The van der Waals surface area contributed by atoms with Crippen molar-refractivity contribution in [1.29, 1.82) is 0 Å². The van der Waals surface area contributed by atoms with Crippen LogP contribution in [0.5, 0.6) is 0 Å². The van der Waals surface area contributed by atoms with Gasteiger partial charge >= 0.3 is 0 Å². The van der Waals surface area contributed by atoms with Crippen molar-refractivity contribution >= 4 is 11.6 Å². The first kappa shape index (κ1) is 11.0. The van der Waals surface area contributed by atoms with E-state index in [4.69, 9.17) is 11.6 Å². The normalized spacial score (nSPS) is 16.3. The summed E-state index contributed by atoms with van der Waals surface area (Å²) in [6.07, 6.45) is 5.38. The van der Waals surface area contributed by atoms with Crippen LogP contribution in [0, 0.1) is 5.92 Å². The fourth-order valence-electron chi connectivity index (χ4n) is 1.89. The summed E-state index contributed by atoms with van der Waals surface area (Å²) in [5, 5.41) is 4.34. The van der Waals surface area contributed by atoms with E-state index in [9.17, 15) is 0 Å². The Morgan fingerprint density at radius 1 is 1.20 bits per heavy atom. The van der Waals surface area contributed by atoms with Crippen molar-refractivity contribution in [2.75, 3.05) is 13.1 Å². The van der Waals surface area contributed by atoms with Gasteiger partial charge in [0, 0.05) is 5.02 Å². The fourth-order valence-corrected chi connectivity index (χ4v) is 2.01. The number of halogens is 1. The van der Waals surface area contributed by atoms with E-state index in [0.717, 1.165) is 23.9 Å². The van der Waals surface area contributed by atoms with Crippen LogP contribution in [0.15, 0.2) is 24.3 Å². The highest BCUT2D eigenvalue weighted by Crippen LogP contribution is 2.25. The largest absolute Gasteiger partial charge is 0.316 e. The third kappa shape index (κ3) is 3.51. The molecular weight excluding hydrogens is 206 g/mol. The summed E-state index contributed by atoms with van der Waals surface area (Å²) in [5.41, 5.74) is 1.36. The van der Waals surface area contributed by atoms with Crippen molar-refractivity contribution in [2.45, 2.75) is 25.7 Å². The molecule has 1 saturated carbocycles. The van der Waals surface area contributed by atoms with E-state index in [0.29, 0.717) is 0 Å². The molecule has 0 atom stereocenters.